The number of guanidine groups is 1. The molecule has 0 bridgehead atoms. The first-order valence-electron chi connectivity index (χ1n) is 6.97. The van der Waals surface area contributed by atoms with Crippen molar-refractivity contribution in [2.75, 3.05) is 26.2 Å². The van der Waals surface area contributed by atoms with Crippen LogP contribution in [-0.4, -0.2) is 43.1 Å². The highest BCUT2D eigenvalue weighted by molar-refractivity contribution is 5.77. The highest BCUT2D eigenvalue weighted by Gasteiger charge is 2.07. The average molecular weight is 240 g/mol. The molecule has 0 spiro atoms. The maximum atomic E-state index is 5.74. The summed E-state index contributed by atoms with van der Waals surface area (Å²) in [5, 5.41) is 3.11. The van der Waals surface area contributed by atoms with E-state index in [4.69, 9.17) is 5.73 Å². The molecule has 100 valence electrons. The molecule has 0 radical (unpaired) electrons. The summed E-state index contributed by atoms with van der Waals surface area (Å²) in [5.41, 5.74) is 5.74. The first-order chi connectivity index (χ1) is 8.18. The molecule has 0 amide bonds. The van der Waals surface area contributed by atoms with Gasteiger partial charge in [0.25, 0.3) is 0 Å². The van der Waals surface area contributed by atoms with Crippen LogP contribution in [0.3, 0.4) is 0 Å². The van der Waals surface area contributed by atoms with Gasteiger partial charge in [-0.15, -0.1) is 0 Å². The van der Waals surface area contributed by atoms with Crippen LogP contribution in [0, 0.1) is 0 Å². The number of likely N-dealkylation sites (tertiary alicyclic amines) is 1. The number of nitrogens with two attached hydrogens (primary N) is 1. The zero-order valence-electron chi connectivity index (χ0n) is 11.4. The Hall–Kier alpha value is -0.770. The zero-order valence-corrected chi connectivity index (χ0v) is 11.4. The Labute approximate surface area is 106 Å². The highest BCUT2D eigenvalue weighted by atomic mass is 15.1. The van der Waals surface area contributed by atoms with Crippen LogP contribution in [0.2, 0.25) is 0 Å². The van der Waals surface area contributed by atoms with Crippen LogP contribution in [0.4, 0.5) is 0 Å². The van der Waals surface area contributed by atoms with Crippen molar-refractivity contribution in [1.82, 2.24) is 10.2 Å². The molecule has 3 N–H and O–H groups in total. The molecule has 0 aromatic rings. The summed E-state index contributed by atoms with van der Waals surface area (Å²) in [6.45, 7) is 8.67. The number of hydrogen-bond donors (Lipinski definition) is 2. The molecule has 0 saturated carbocycles. The Morgan fingerprint density at radius 2 is 1.88 bits per heavy atom. The van der Waals surface area contributed by atoms with E-state index in [1.807, 2.05) is 0 Å². The largest absolute Gasteiger partial charge is 0.370 e. The van der Waals surface area contributed by atoms with E-state index in [1.165, 1.54) is 45.3 Å². The van der Waals surface area contributed by atoms with Crippen LogP contribution in [0.5, 0.6) is 0 Å². The second-order valence-corrected chi connectivity index (χ2v) is 5.18. The predicted octanol–water partition coefficient (Wildman–Crippen LogP) is 1.57. The molecule has 0 unspecified atom stereocenters. The third kappa shape index (κ3) is 7.21. The minimum absolute atomic E-state index is 0.365. The second kappa shape index (κ2) is 8.34. The third-order valence-electron chi connectivity index (χ3n) is 3.05. The maximum Gasteiger partial charge on any atom is 0.188 e. The lowest BCUT2D eigenvalue weighted by Gasteiger charge is -2.18. The molecule has 0 aromatic heterocycles. The number of nitrogens with one attached hydrogen (secondary N) is 1. The van der Waals surface area contributed by atoms with E-state index in [0.717, 1.165) is 13.0 Å². The van der Waals surface area contributed by atoms with Crippen molar-refractivity contribution in [1.29, 1.82) is 0 Å². The van der Waals surface area contributed by atoms with E-state index < -0.39 is 0 Å². The van der Waals surface area contributed by atoms with Gasteiger partial charge < -0.3 is 16.0 Å². The predicted molar refractivity (Wildman–Crippen MR) is 74.3 cm³/mol. The first kappa shape index (κ1) is 14.3. The van der Waals surface area contributed by atoms with Crippen LogP contribution in [0.15, 0.2) is 4.99 Å². The van der Waals surface area contributed by atoms with Gasteiger partial charge in [0.1, 0.15) is 0 Å². The molecule has 0 aromatic carbocycles. The summed E-state index contributed by atoms with van der Waals surface area (Å²) >= 11 is 0. The van der Waals surface area contributed by atoms with Crippen LogP contribution >= 0.6 is 0 Å². The molecule has 1 fully saturated rings. The number of aliphatic imine (C=N–C) groups is 1. The molecule has 0 atom stereocenters. The molecule has 4 nitrogen and oxygen atoms in total. The molecule has 1 aliphatic rings. The number of hydrogen-bond acceptors (Lipinski definition) is 2. The monoisotopic (exact) mass is 240 g/mol. The Morgan fingerprint density at radius 3 is 2.47 bits per heavy atom. The molecular formula is C13H28N4. The molecule has 1 rings (SSSR count). The van der Waals surface area contributed by atoms with Gasteiger partial charge in [0.05, 0.1) is 0 Å². The topological polar surface area (TPSA) is 53.6 Å². The summed E-state index contributed by atoms with van der Waals surface area (Å²) in [6.07, 6.45) is 6.64. The Morgan fingerprint density at radius 1 is 1.24 bits per heavy atom. The smallest absolute Gasteiger partial charge is 0.188 e. The summed E-state index contributed by atoms with van der Waals surface area (Å²) in [6, 6.07) is 0.365. The van der Waals surface area contributed by atoms with Crippen LogP contribution in [0.25, 0.3) is 0 Å². The van der Waals surface area contributed by atoms with E-state index in [2.05, 4.69) is 29.1 Å². The molecule has 0 aliphatic carbocycles. The van der Waals surface area contributed by atoms with Crippen molar-refractivity contribution < 1.29 is 0 Å². The minimum Gasteiger partial charge on any atom is -0.370 e. The standard InChI is InChI=1S/C13H28N4/c1-12(2)16-13(14)15-8-7-11-17-9-5-3-4-6-10-17/h12H,3-11H2,1-2H3,(H3,14,15,16). The first-order valence-corrected chi connectivity index (χ1v) is 6.97. The van der Waals surface area contributed by atoms with Gasteiger partial charge in [0, 0.05) is 12.6 Å². The molecule has 1 aliphatic heterocycles. The normalized spacial score (nSPS) is 19.4. The molecule has 1 heterocycles. The summed E-state index contributed by atoms with van der Waals surface area (Å²) in [4.78, 5) is 6.89. The fraction of sp³-hybridized carbons (Fsp3) is 0.923. The molecule has 17 heavy (non-hydrogen) atoms. The van der Waals surface area contributed by atoms with Crippen molar-refractivity contribution in [3.8, 4) is 0 Å². The van der Waals surface area contributed by atoms with Crippen molar-refractivity contribution in [3.05, 3.63) is 0 Å². The third-order valence-corrected chi connectivity index (χ3v) is 3.05. The Kier molecular flexibility index (Phi) is 7.01. The van der Waals surface area contributed by atoms with Gasteiger partial charge in [0.2, 0.25) is 0 Å². The van der Waals surface area contributed by atoms with E-state index in [9.17, 15) is 0 Å². The number of rotatable bonds is 5. The maximum absolute atomic E-state index is 5.74. The lowest BCUT2D eigenvalue weighted by atomic mass is 10.2. The van der Waals surface area contributed by atoms with Crippen LogP contribution in [0.1, 0.15) is 46.0 Å². The van der Waals surface area contributed by atoms with Crippen molar-refractivity contribution >= 4 is 5.96 Å². The van der Waals surface area contributed by atoms with E-state index >= 15 is 0 Å². The van der Waals surface area contributed by atoms with Crippen LogP contribution in [-0.2, 0) is 0 Å². The lowest BCUT2D eigenvalue weighted by Crippen LogP contribution is -2.37. The number of nitrogens with zero attached hydrogens (tertiary/aromatic N) is 2. The molecular weight excluding hydrogens is 212 g/mol. The van der Waals surface area contributed by atoms with Crippen molar-refractivity contribution in [2.24, 2.45) is 10.7 Å². The summed E-state index contributed by atoms with van der Waals surface area (Å²) < 4.78 is 0. The van der Waals surface area contributed by atoms with Gasteiger partial charge in [-0.2, -0.15) is 0 Å². The lowest BCUT2D eigenvalue weighted by molar-refractivity contribution is 0.283. The second-order valence-electron chi connectivity index (χ2n) is 5.18. The Balaban J connectivity index is 2.09. The van der Waals surface area contributed by atoms with Gasteiger partial charge in [-0.25, -0.2) is 0 Å². The Bertz CT molecular complexity index is 217. The van der Waals surface area contributed by atoms with Crippen molar-refractivity contribution in [2.45, 2.75) is 52.0 Å². The minimum atomic E-state index is 0.365. The fourth-order valence-electron chi connectivity index (χ4n) is 2.20. The molecule has 1 saturated heterocycles. The van der Waals surface area contributed by atoms with Gasteiger partial charge >= 0.3 is 0 Å². The van der Waals surface area contributed by atoms with Gasteiger partial charge in [0.15, 0.2) is 5.96 Å². The molecule has 4 heteroatoms. The van der Waals surface area contributed by atoms with E-state index in [0.29, 0.717) is 12.0 Å². The zero-order chi connectivity index (χ0) is 12.5. The summed E-state index contributed by atoms with van der Waals surface area (Å²) in [7, 11) is 0. The highest BCUT2D eigenvalue weighted by Crippen LogP contribution is 2.09. The van der Waals surface area contributed by atoms with Crippen molar-refractivity contribution in [3.63, 3.8) is 0 Å². The van der Waals surface area contributed by atoms with Crippen LogP contribution < -0.4 is 11.1 Å². The van der Waals surface area contributed by atoms with Gasteiger partial charge in [-0.05, 0) is 52.7 Å². The van der Waals surface area contributed by atoms with Gasteiger partial charge in [-0.1, -0.05) is 12.8 Å². The average Bonchev–Trinajstić information content (AvgIpc) is 2.52. The fourth-order valence-corrected chi connectivity index (χ4v) is 2.20. The van der Waals surface area contributed by atoms with E-state index in [-0.39, 0.29) is 0 Å². The SMILES string of the molecule is CC(C)NC(N)=NCCCN1CCCCCC1. The summed E-state index contributed by atoms with van der Waals surface area (Å²) in [5.74, 6) is 0.580. The quantitative estimate of drug-likeness (QED) is 0.436. The van der Waals surface area contributed by atoms with Gasteiger partial charge in [-0.3, -0.25) is 4.99 Å². The van der Waals surface area contributed by atoms with E-state index in [1.54, 1.807) is 0 Å².